The van der Waals surface area contributed by atoms with Crippen molar-refractivity contribution in [3.63, 3.8) is 0 Å². The van der Waals surface area contributed by atoms with E-state index in [9.17, 15) is 13.2 Å². The number of anilines is 1. The van der Waals surface area contributed by atoms with E-state index in [4.69, 9.17) is 0 Å². The molecule has 1 aliphatic rings. The van der Waals surface area contributed by atoms with Gasteiger partial charge in [0.1, 0.15) is 0 Å². The second-order valence-electron chi connectivity index (χ2n) is 5.26. The summed E-state index contributed by atoms with van der Waals surface area (Å²) in [6.45, 7) is 6.54. The van der Waals surface area contributed by atoms with Crippen LogP contribution in [0.2, 0.25) is 0 Å². The van der Waals surface area contributed by atoms with Gasteiger partial charge in [-0.25, -0.2) is 0 Å². The van der Waals surface area contributed by atoms with Gasteiger partial charge >= 0.3 is 6.18 Å². The summed E-state index contributed by atoms with van der Waals surface area (Å²) < 4.78 is 40.1. The highest BCUT2D eigenvalue weighted by atomic mass is 32.2. The van der Waals surface area contributed by atoms with Crippen molar-refractivity contribution in [2.45, 2.75) is 31.8 Å². The molecular formula is C15H21F3N2S. The molecule has 21 heavy (non-hydrogen) atoms. The summed E-state index contributed by atoms with van der Waals surface area (Å²) in [5.41, 5.74) is 0.472. The summed E-state index contributed by atoms with van der Waals surface area (Å²) in [4.78, 5) is 1.86. The molecule has 1 atom stereocenters. The number of alkyl halides is 3. The fraction of sp³-hybridized carbons (Fsp3) is 0.600. The zero-order valence-corrected chi connectivity index (χ0v) is 13.2. The molecule has 0 bridgehead atoms. The molecule has 6 heteroatoms. The van der Waals surface area contributed by atoms with Crippen molar-refractivity contribution in [1.29, 1.82) is 0 Å². The van der Waals surface area contributed by atoms with E-state index in [2.05, 4.69) is 12.2 Å². The Hall–Kier alpha value is -0.880. The lowest BCUT2D eigenvalue weighted by atomic mass is 10.1. The van der Waals surface area contributed by atoms with Crippen LogP contribution in [0.25, 0.3) is 0 Å². The van der Waals surface area contributed by atoms with E-state index in [1.54, 1.807) is 12.1 Å². The Balaban J connectivity index is 2.31. The maximum Gasteiger partial charge on any atom is 0.418 e. The summed E-state index contributed by atoms with van der Waals surface area (Å²) in [6, 6.07) is 4.70. The zero-order valence-electron chi connectivity index (χ0n) is 12.3. The van der Waals surface area contributed by atoms with E-state index in [1.165, 1.54) is 6.07 Å². The van der Waals surface area contributed by atoms with Gasteiger partial charge in [-0.2, -0.15) is 24.9 Å². The van der Waals surface area contributed by atoms with E-state index in [-0.39, 0.29) is 0 Å². The molecule has 1 heterocycles. The Labute approximate surface area is 128 Å². The highest BCUT2D eigenvalue weighted by Gasteiger charge is 2.35. The summed E-state index contributed by atoms with van der Waals surface area (Å²) >= 11 is 1.81. The van der Waals surface area contributed by atoms with E-state index < -0.39 is 11.7 Å². The van der Waals surface area contributed by atoms with Crippen molar-refractivity contribution in [2.75, 3.05) is 30.3 Å². The minimum absolute atomic E-state index is 0.315. The van der Waals surface area contributed by atoms with E-state index >= 15 is 0 Å². The Kier molecular flexibility index (Phi) is 5.43. The molecule has 1 fully saturated rings. The highest BCUT2D eigenvalue weighted by molar-refractivity contribution is 8.00. The summed E-state index contributed by atoms with van der Waals surface area (Å²) in [7, 11) is 0. The Morgan fingerprint density at radius 3 is 2.76 bits per heavy atom. The van der Waals surface area contributed by atoms with Crippen LogP contribution in [0.1, 0.15) is 25.0 Å². The second-order valence-corrected chi connectivity index (χ2v) is 6.80. The number of nitrogens with one attached hydrogen (secondary N) is 1. The molecule has 1 aliphatic heterocycles. The van der Waals surface area contributed by atoms with Crippen LogP contribution in [0.3, 0.4) is 0 Å². The average molecular weight is 318 g/mol. The van der Waals surface area contributed by atoms with Gasteiger partial charge < -0.3 is 10.2 Å². The lowest BCUT2D eigenvalue weighted by molar-refractivity contribution is -0.137. The van der Waals surface area contributed by atoms with Gasteiger partial charge in [-0.05, 0) is 24.2 Å². The van der Waals surface area contributed by atoms with Crippen molar-refractivity contribution in [2.24, 2.45) is 0 Å². The summed E-state index contributed by atoms with van der Waals surface area (Å²) in [5.74, 6) is 0.873. The Morgan fingerprint density at radius 1 is 1.38 bits per heavy atom. The molecule has 1 aromatic carbocycles. The predicted molar refractivity (Wildman–Crippen MR) is 83.0 cm³/mol. The SMILES string of the molecule is CCNCc1ccc(N2CCSC(C)C2)c(C(F)(F)F)c1. The molecule has 2 rings (SSSR count). The van der Waals surface area contributed by atoms with Crippen LogP contribution in [0.4, 0.5) is 18.9 Å². The van der Waals surface area contributed by atoms with Crippen LogP contribution in [-0.2, 0) is 12.7 Å². The van der Waals surface area contributed by atoms with Crippen LogP contribution in [0.5, 0.6) is 0 Å². The first-order valence-electron chi connectivity index (χ1n) is 7.19. The van der Waals surface area contributed by atoms with Gasteiger partial charge in [-0.15, -0.1) is 0 Å². The molecule has 1 N–H and O–H groups in total. The number of thioether (sulfide) groups is 1. The monoisotopic (exact) mass is 318 g/mol. The molecule has 2 nitrogen and oxygen atoms in total. The van der Waals surface area contributed by atoms with E-state index in [0.717, 1.165) is 12.3 Å². The molecule has 1 saturated heterocycles. The van der Waals surface area contributed by atoms with Crippen LogP contribution in [-0.4, -0.2) is 30.6 Å². The van der Waals surface area contributed by atoms with Gasteiger partial charge in [0.05, 0.1) is 5.56 Å². The number of halogens is 3. The molecule has 0 amide bonds. The Morgan fingerprint density at radius 2 is 2.14 bits per heavy atom. The first-order valence-corrected chi connectivity index (χ1v) is 8.24. The maximum atomic E-state index is 13.4. The van der Waals surface area contributed by atoms with Crippen molar-refractivity contribution >= 4 is 17.4 Å². The first kappa shape index (κ1) is 16.5. The number of hydrogen-bond donors (Lipinski definition) is 1. The number of benzene rings is 1. The highest BCUT2D eigenvalue weighted by Crippen LogP contribution is 2.38. The topological polar surface area (TPSA) is 15.3 Å². The summed E-state index contributed by atoms with van der Waals surface area (Å²) in [6.07, 6.45) is -4.31. The van der Waals surface area contributed by atoms with Gasteiger partial charge in [-0.1, -0.05) is 19.9 Å². The molecule has 1 aromatic rings. The number of nitrogens with zero attached hydrogens (tertiary/aromatic N) is 1. The number of rotatable bonds is 4. The molecule has 118 valence electrons. The molecule has 0 radical (unpaired) electrons. The molecule has 0 spiro atoms. The largest absolute Gasteiger partial charge is 0.418 e. The minimum atomic E-state index is -4.31. The molecule has 1 unspecified atom stereocenters. The lowest BCUT2D eigenvalue weighted by Gasteiger charge is -2.34. The second kappa shape index (κ2) is 6.92. The van der Waals surface area contributed by atoms with Crippen LogP contribution >= 0.6 is 11.8 Å². The first-order chi connectivity index (χ1) is 9.91. The Bertz CT molecular complexity index is 476. The predicted octanol–water partition coefficient (Wildman–Crippen LogP) is 3.76. The maximum absolute atomic E-state index is 13.4. The lowest BCUT2D eigenvalue weighted by Crippen LogP contribution is -2.37. The molecule has 0 saturated carbocycles. The van der Waals surface area contributed by atoms with Crippen LogP contribution in [0.15, 0.2) is 18.2 Å². The van der Waals surface area contributed by atoms with Gasteiger partial charge in [0, 0.05) is 36.3 Å². The van der Waals surface area contributed by atoms with Gasteiger partial charge in [0.15, 0.2) is 0 Å². The molecular weight excluding hydrogens is 297 g/mol. The van der Waals surface area contributed by atoms with Crippen molar-refractivity contribution in [3.8, 4) is 0 Å². The third-order valence-electron chi connectivity index (χ3n) is 3.53. The summed E-state index contributed by atoms with van der Waals surface area (Å²) in [5, 5.41) is 3.43. The van der Waals surface area contributed by atoms with Crippen molar-refractivity contribution in [3.05, 3.63) is 29.3 Å². The van der Waals surface area contributed by atoms with Gasteiger partial charge in [0.25, 0.3) is 0 Å². The average Bonchev–Trinajstić information content (AvgIpc) is 2.44. The quantitative estimate of drug-likeness (QED) is 0.910. The zero-order chi connectivity index (χ0) is 15.5. The van der Waals surface area contributed by atoms with Crippen molar-refractivity contribution in [1.82, 2.24) is 5.32 Å². The van der Waals surface area contributed by atoms with Crippen LogP contribution < -0.4 is 10.2 Å². The standard InChI is InChI=1S/C15H21F3N2S/c1-3-19-9-12-4-5-14(13(8-12)15(16,17)18)20-6-7-21-11(2)10-20/h4-5,8,11,19H,3,6-7,9-10H2,1-2H3. The molecule has 0 aliphatic carbocycles. The van der Waals surface area contributed by atoms with Gasteiger partial charge in [-0.3, -0.25) is 0 Å². The normalized spacial score (nSPS) is 19.9. The third kappa shape index (κ3) is 4.30. The van der Waals surface area contributed by atoms with E-state index in [1.807, 2.05) is 23.6 Å². The minimum Gasteiger partial charge on any atom is -0.369 e. The fourth-order valence-electron chi connectivity index (χ4n) is 2.50. The smallest absolute Gasteiger partial charge is 0.369 e. The third-order valence-corrected chi connectivity index (χ3v) is 4.66. The van der Waals surface area contributed by atoms with Crippen LogP contribution in [0, 0.1) is 0 Å². The molecule has 0 aromatic heterocycles. The van der Waals surface area contributed by atoms with Gasteiger partial charge in [0.2, 0.25) is 0 Å². The number of hydrogen-bond acceptors (Lipinski definition) is 3. The van der Waals surface area contributed by atoms with E-state index in [0.29, 0.717) is 36.1 Å². The van der Waals surface area contributed by atoms with Crippen molar-refractivity contribution < 1.29 is 13.2 Å². The fourth-order valence-corrected chi connectivity index (χ4v) is 3.52.